The van der Waals surface area contributed by atoms with Crippen molar-refractivity contribution >= 4 is 11.6 Å². The molecule has 0 aromatic heterocycles. The first kappa shape index (κ1) is 17.6. The van der Waals surface area contributed by atoms with Crippen LogP contribution in [0.4, 0.5) is 5.69 Å². The molecule has 27 heavy (non-hydrogen) atoms. The van der Waals surface area contributed by atoms with E-state index in [1.165, 1.54) is 5.56 Å². The second kappa shape index (κ2) is 6.71. The Hall–Kier alpha value is -2.84. The summed E-state index contributed by atoms with van der Waals surface area (Å²) in [6.07, 6.45) is 3.40. The molecule has 0 spiro atoms. The molecule has 1 fully saturated rings. The lowest BCUT2D eigenvalue weighted by molar-refractivity contribution is -0.142. The quantitative estimate of drug-likeness (QED) is 0.779. The van der Waals surface area contributed by atoms with E-state index in [-0.39, 0.29) is 23.9 Å². The zero-order chi connectivity index (χ0) is 19.0. The van der Waals surface area contributed by atoms with Crippen molar-refractivity contribution in [1.82, 2.24) is 0 Å². The van der Waals surface area contributed by atoms with Crippen molar-refractivity contribution in [2.75, 3.05) is 5.32 Å². The number of aryl methyl sites for hydroxylation is 1. The van der Waals surface area contributed by atoms with Crippen LogP contribution in [0.25, 0.3) is 0 Å². The number of anilines is 1. The molecule has 1 amide bonds. The van der Waals surface area contributed by atoms with Gasteiger partial charge in [0.1, 0.15) is 0 Å². The van der Waals surface area contributed by atoms with E-state index in [0.29, 0.717) is 5.56 Å². The number of nitriles is 1. The van der Waals surface area contributed by atoms with Crippen molar-refractivity contribution in [1.29, 1.82) is 5.26 Å². The van der Waals surface area contributed by atoms with Gasteiger partial charge in [0.25, 0.3) is 0 Å². The zero-order valence-electron chi connectivity index (χ0n) is 15.2. The molecule has 4 atom stereocenters. The number of rotatable bonds is 4. The molecule has 0 saturated heterocycles. The summed E-state index contributed by atoms with van der Waals surface area (Å²) in [4.78, 5) is 12.7. The van der Waals surface area contributed by atoms with Crippen molar-refractivity contribution in [2.45, 2.75) is 37.8 Å². The molecule has 5 N–H and O–H groups in total. The van der Waals surface area contributed by atoms with Gasteiger partial charge in [-0.25, -0.2) is 0 Å². The Morgan fingerprint density at radius 1 is 1.22 bits per heavy atom. The van der Waals surface area contributed by atoms with E-state index in [4.69, 9.17) is 16.7 Å². The molecule has 2 aromatic carbocycles. The van der Waals surface area contributed by atoms with Crippen LogP contribution in [-0.4, -0.2) is 11.9 Å². The average Bonchev–Trinajstić information content (AvgIpc) is 2.67. The van der Waals surface area contributed by atoms with Gasteiger partial charge in [-0.2, -0.15) is 5.26 Å². The maximum atomic E-state index is 12.7. The predicted molar refractivity (Wildman–Crippen MR) is 105 cm³/mol. The highest BCUT2D eigenvalue weighted by atomic mass is 16.1. The Bertz CT molecular complexity index is 919. The van der Waals surface area contributed by atoms with Crippen LogP contribution in [0, 0.1) is 22.7 Å². The van der Waals surface area contributed by atoms with Gasteiger partial charge in [-0.3, -0.25) is 4.79 Å². The van der Waals surface area contributed by atoms with Gasteiger partial charge in [-0.15, -0.1) is 0 Å². The second-order valence-electron chi connectivity index (χ2n) is 7.71. The van der Waals surface area contributed by atoms with E-state index in [0.717, 1.165) is 36.9 Å². The van der Waals surface area contributed by atoms with Crippen molar-refractivity contribution < 1.29 is 4.79 Å². The molecule has 1 heterocycles. The van der Waals surface area contributed by atoms with Crippen LogP contribution in [0.1, 0.15) is 42.0 Å². The van der Waals surface area contributed by atoms with Crippen molar-refractivity contribution in [2.24, 2.45) is 22.8 Å². The minimum Gasteiger partial charge on any atom is -0.381 e. The molecule has 138 valence electrons. The summed E-state index contributed by atoms with van der Waals surface area (Å²) >= 11 is 0. The lowest BCUT2D eigenvalue weighted by Crippen LogP contribution is -2.62. The number of carbonyl (C=O) groups excluding carboxylic acids is 1. The molecule has 1 aliphatic carbocycles. The number of para-hydroxylation sites is 1. The van der Waals surface area contributed by atoms with Crippen molar-refractivity contribution in [3.8, 4) is 6.07 Å². The summed E-state index contributed by atoms with van der Waals surface area (Å²) in [6.45, 7) is 0. The summed E-state index contributed by atoms with van der Waals surface area (Å²) in [5, 5.41) is 12.7. The van der Waals surface area contributed by atoms with Crippen LogP contribution < -0.4 is 16.8 Å². The molecule has 0 bridgehead atoms. The standard InChI is InChI=1S/C22H24N4O/c23-13-14-4-3-6-16(12-14)20(24)17-10-11-22(17,21(25)27)19-9-8-15-5-1-2-7-18(15)26-19/h1-7,12,17,19-20,26H,8-11,24H2,(H2,25,27). The molecule has 2 aliphatic rings. The Morgan fingerprint density at radius 3 is 2.74 bits per heavy atom. The normalized spacial score (nSPS) is 27.4. The topological polar surface area (TPSA) is 105 Å². The van der Waals surface area contributed by atoms with Crippen LogP contribution in [0.2, 0.25) is 0 Å². The monoisotopic (exact) mass is 360 g/mol. The van der Waals surface area contributed by atoms with Gasteiger partial charge in [0.05, 0.1) is 17.0 Å². The first-order valence-electron chi connectivity index (χ1n) is 9.46. The fraction of sp³-hybridized carbons (Fsp3) is 0.364. The Labute approximate surface area is 159 Å². The van der Waals surface area contributed by atoms with E-state index in [9.17, 15) is 4.79 Å². The van der Waals surface area contributed by atoms with Gasteiger partial charge < -0.3 is 16.8 Å². The van der Waals surface area contributed by atoms with Gasteiger partial charge in [-0.1, -0.05) is 30.3 Å². The van der Waals surface area contributed by atoms with Crippen LogP contribution in [0.5, 0.6) is 0 Å². The summed E-state index contributed by atoms with van der Waals surface area (Å²) < 4.78 is 0. The van der Waals surface area contributed by atoms with E-state index >= 15 is 0 Å². The molecule has 5 nitrogen and oxygen atoms in total. The third kappa shape index (κ3) is 2.77. The van der Waals surface area contributed by atoms with Crippen LogP contribution in [0.3, 0.4) is 0 Å². The fourth-order valence-electron chi connectivity index (χ4n) is 4.91. The molecule has 0 radical (unpaired) electrons. The molecular weight excluding hydrogens is 336 g/mol. The average molecular weight is 360 g/mol. The second-order valence-corrected chi connectivity index (χ2v) is 7.71. The molecule has 1 saturated carbocycles. The summed E-state index contributed by atoms with van der Waals surface area (Å²) in [5.74, 6) is -0.311. The molecule has 4 unspecified atom stereocenters. The van der Waals surface area contributed by atoms with Crippen LogP contribution in [-0.2, 0) is 11.2 Å². The minimum absolute atomic E-state index is 0.0196. The van der Waals surface area contributed by atoms with E-state index < -0.39 is 5.41 Å². The summed E-state index contributed by atoms with van der Waals surface area (Å²) in [7, 11) is 0. The lowest BCUT2D eigenvalue weighted by atomic mass is 9.52. The molecule has 1 aliphatic heterocycles. The number of benzene rings is 2. The van der Waals surface area contributed by atoms with Gasteiger partial charge in [-0.05, 0) is 60.9 Å². The minimum atomic E-state index is -0.657. The number of hydrogen-bond donors (Lipinski definition) is 3. The van der Waals surface area contributed by atoms with E-state index in [2.05, 4.69) is 23.5 Å². The number of fused-ring (bicyclic) bond motifs is 1. The molecule has 4 rings (SSSR count). The SMILES string of the molecule is N#Cc1cccc(C(N)C2CCC2(C(N)=O)C2CCc3ccccc3N2)c1. The number of hydrogen-bond acceptors (Lipinski definition) is 4. The van der Waals surface area contributed by atoms with E-state index in [1.54, 1.807) is 6.07 Å². The number of primary amides is 1. The van der Waals surface area contributed by atoms with Gasteiger partial charge in [0.15, 0.2) is 0 Å². The lowest BCUT2D eigenvalue weighted by Gasteiger charge is -2.55. The number of nitrogens with zero attached hydrogens (tertiary/aromatic N) is 1. The molecule has 2 aromatic rings. The number of nitrogens with one attached hydrogen (secondary N) is 1. The summed E-state index contributed by atoms with van der Waals surface area (Å²) in [6, 6.07) is 17.4. The highest BCUT2D eigenvalue weighted by Crippen LogP contribution is 2.56. The molecular formula is C22H24N4O. The third-order valence-corrected chi connectivity index (χ3v) is 6.49. The highest BCUT2D eigenvalue weighted by molar-refractivity contribution is 5.84. The van der Waals surface area contributed by atoms with Crippen molar-refractivity contribution in [3.05, 3.63) is 65.2 Å². The number of nitrogens with two attached hydrogens (primary N) is 2. The zero-order valence-corrected chi connectivity index (χ0v) is 15.2. The first-order chi connectivity index (χ1) is 13.1. The fourth-order valence-corrected chi connectivity index (χ4v) is 4.91. The maximum absolute atomic E-state index is 12.7. The van der Waals surface area contributed by atoms with Gasteiger partial charge in [0.2, 0.25) is 5.91 Å². The van der Waals surface area contributed by atoms with Crippen LogP contribution in [0.15, 0.2) is 48.5 Å². The summed E-state index contributed by atoms with van der Waals surface area (Å²) in [5.41, 5.74) is 15.7. The Morgan fingerprint density at radius 2 is 2.04 bits per heavy atom. The van der Waals surface area contributed by atoms with Crippen LogP contribution >= 0.6 is 0 Å². The van der Waals surface area contributed by atoms with E-state index in [1.807, 2.05) is 30.3 Å². The van der Waals surface area contributed by atoms with Crippen molar-refractivity contribution in [3.63, 3.8) is 0 Å². The Balaban J connectivity index is 1.64. The maximum Gasteiger partial charge on any atom is 0.226 e. The van der Waals surface area contributed by atoms with Gasteiger partial charge >= 0.3 is 0 Å². The third-order valence-electron chi connectivity index (χ3n) is 6.49. The number of carbonyl (C=O) groups is 1. The first-order valence-corrected chi connectivity index (χ1v) is 9.46. The number of amides is 1. The predicted octanol–water partition coefficient (Wildman–Crippen LogP) is 2.87. The smallest absolute Gasteiger partial charge is 0.226 e. The highest BCUT2D eigenvalue weighted by Gasteiger charge is 2.58. The largest absolute Gasteiger partial charge is 0.381 e. The Kier molecular flexibility index (Phi) is 4.37. The molecule has 5 heteroatoms. The van der Waals surface area contributed by atoms with Gasteiger partial charge in [0, 0.05) is 17.8 Å².